The van der Waals surface area contributed by atoms with Crippen LogP contribution in [0.3, 0.4) is 0 Å². The Morgan fingerprint density at radius 1 is 0.933 bits per heavy atom. The highest BCUT2D eigenvalue weighted by Gasteiger charge is 2.27. The molecule has 11 nitrogen and oxygen atoms in total. The van der Waals surface area contributed by atoms with E-state index in [2.05, 4.69) is 0 Å². The van der Waals surface area contributed by atoms with Crippen molar-refractivity contribution >= 4 is 44.9 Å². The Balaban J connectivity index is 0.00000103. The number of carboxylic acid groups (broad SMARTS) is 2. The van der Waals surface area contributed by atoms with E-state index in [4.69, 9.17) is 15.5 Å². The van der Waals surface area contributed by atoms with Crippen LogP contribution < -0.4 is 0 Å². The molecule has 13 heteroatoms. The third-order valence-electron chi connectivity index (χ3n) is 3.20. The molecule has 0 amide bonds. The number of hydrogen-bond acceptors (Lipinski definition) is 9. The first-order chi connectivity index (χ1) is 14.1. The van der Waals surface area contributed by atoms with Gasteiger partial charge < -0.3 is 10.2 Å². The van der Waals surface area contributed by atoms with Crippen LogP contribution in [-0.4, -0.2) is 32.0 Å². The number of carbonyl (C=O) groups is 2. The highest BCUT2D eigenvalue weighted by atomic mass is 33.1. The molecule has 0 fully saturated rings. The second-order valence-corrected chi connectivity index (χ2v) is 7.32. The summed E-state index contributed by atoms with van der Waals surface area (Å²) in [5, 5.41) is 48.2. The number of aromatic carboxylic acids is 2. The van der Waals surface area contributed by atoms with Gasteiger partial charge in [0.1, 0.15) is 11.1 Å². The van der Waals surface area contributed by atoms with Gasteiger partial charge in [-0.25, -0.2) is 9.59 Å². The van der Waals surface area contributed by atoms with Crippen LogP contribution in [0.4, 0.5) is 11.4 Å². The normalized spacial score (nSPS) is 9.60. The van der Waals surface area contributed by atoms with Crippen molar-refractivity contribution in [3.05, 3.63) is 67.8 Å². The number of nitro groups is 2. The maximum atomic E-state index is 11.2. The lowest BCUT2D eigenvalue weighted by atomic mass is 10.2. The summed E-state index contributed by atoms with van der Waals surface area (Å²) in [6.07, 6.45) is 0.625. The molecular formula is C17H13N3O8S2. The maximum Gasteiger partial charge on any atom is 0.342 e. The van der Waals surface area contributed by atoms with Crippen LogP contribution in [0.2, 0.25) is 0 Å². The fourth-order valence-corrected chi connectivity index (χ4v) is 4.31. The van der Waals surface area contributed by atoms with E-state index in [1.165, 1.54) is 24.3 Å². The van der Waals surface area contributed by atoms with E-state index in [0.29, 0.717) is 6.42 Å². The smallest absolute Gasteiger partial charge is 0.342 e. The summed E-state index contributed by atoms with van der Waals surface area (Å²) in [6, 6.07) is 9.29. The molecule has 0 aliphatic heterocycles. The van der Waals surface area contributed by atoms with Crippen LogP contribution in [0.25, 0.3) is 0 Å². The van der Waals surface area contributed by atoms with Gasteiger partial charge in [0.15, 0.2) is 0 Å². The van der Waals surface area contributed by atoms with Gasteiger partial charge in [0.25, 0.3) is 11.4 Å². The molecule has 30 heavy (non-hydrogen) atoms. The first-order valence-electron chi connectivity index (χ1n) is 7.88. The molecule has 156 valence electrons. The highest BCUT2D eigenvalue weighted by Crippen LogP contribution is 2.46. The summed E-state index contributed by atoms with van der Waals surface area (Å²) in [7, 11) is 1.45. The van der Waals surface area contributed by atoms with Crippen molar-refractivity contribution in [3.63, 3.8) is 0 Å². The largest absolute Gasteiger partial charge is 0.477 e. The maximum absolute atomic E-state index is 11.2. The van der Waals surface area contributed by atoms with E-state index < -0.39 is 44.3 Å². The van der Waals surface area contributed by atoms with Gasteiger partial charge in [-0.2, -0.15) is 5.26 Å². The lowest BCUT2D eigenvalue weighted by Gasteiger charge is -2.06. The van der Waals surface area contributed by atoms with E-state index in [1.54, 1.807) is 0 Å². The van der Waals surface area contributed by atoms with Crippen LogP contribution in [-0.2, 0) is 0 Å². The molecule has 0 unspecified atom stereocenters. The topological polar surface area (TPSA) is 185 Å². The zero-order valence-corrected chi connectivity index (χ0v) is 16.8. The van der Waals surface area contributed by atoms with Crippen LogP contribution in [0.5, 0.6) is 0 Å². The minimum atomic E-state index is -1.48. The van der Waals surface area contributed by atoms with Gasteiger partial charge in [0, 0.05) is 6.42 Å². The number of nitro benzene ring substituents is 2. The third-order valence-corrected chi connectivity index (χ3v) is 5.63. The Hall–Kier alpha value is -3.63. The SMILES string of the molecule is CCC#N.O=C(O)c1cccc(SSc2cccc(C(=O)O)c2[N+](=O)[O-])c1[N+](=O)[O-]. The minimum Gasteiger partial charge on any atom is -0.477 e. The molecule has 2 aromatic rings. The van der Waals surface area contributed by atoms with Gasteiger partial charge in [-0.15, -0.1) is 0 Å². The van der Waals surface area contributed by atoms with Crippen molar-refractivity contribution in [3.8, 4) is 6.07 Å². The van der Waals surface area contributed by atoms with Crippen molar-refractivity contribution in [1.82, 2.24) is 0 Å². The lowest BCUT2D eigenvalue weighted by molar-refractivity contribution is -0.388. The standard InChI is InChI=1S/C14H8N2O8S2.C3H5N/c17-13(18)7-3-1-5-9(11(7)15(21)22)25-26-10-6-2-4-8(14(19)20)12(10)16(23)24;1-2-3-4/h1-6H,(H,17,18)(H,19,20);2H2,1H3. The molecule has 0 spiro atoms. The monoisotopic (exact) mass is 451 g/mol. The Kier molecular flexibility index (Phi) is 9.27. The molecule has 0 saturated heterocycles. The van der Waals surface area contributed by atoms with E-state index in [0.717, 1.165) is 33.7 Å². The van der Waals surface area contributed by atoms with Crippen molar-refractivity contribution in [2.45, 2.75) is 23.1 Å². The van der Waals surface area contributed by atoms with E-state index in [1.807, 2.05) is 13.0 Å². The summed E-state index contributed by atoms with van der Waals surface area (Å²) in [5.74, 6) is -2.97. The van der Waals surface area contributed by atoms with Gasteiger partial charge in [0.05, 0.1) is 25.7 Å². The first kappa shape index (κ1) is 24.4. The second kappa shape index (κ2) is 11.4. The van der Waals surface area contributed by atoms with Crippen LogP contribution in [0.15, 0.2) is 46.2 Å². The second-order valence-electron chi connectivity index (χ2n) is 5.11. The molecule has 0 radical (unpaired) electrons. The summed E-state index contributed by atoms with van der Waals surface area (Å²) >= 11 is 0. The van der Waals surface area contributed by atoms with Crippen molar-refractivity contribution < 1.29 is 29.6 Å². The van der Waals surface area contributed by atoms with Gasteiger partial charge in [0.2, 0.25) is 0 Å². The number of hydrogen-bond donors (Lipinski definition) is 2. The molecule has 2 aromatic carbocycles. The van der Waals surface area contributed by atoms with Gasteiger partial charge in [-0.1, -0.05) is 19.1 Å². The molecule has 0 atom stereocenters. The molecule has 0 aliphatic carbocycles. The number of nitrogens with zero attached hydrogens (tertiary/aromatic N) is 3. The molecule has 0 heterocycles. The Labute approximate surface area is 177 Å². The fourth-order valence-electron chi connectivity index (χ4n) is 1.99. The Morgan fingerprint density at radius 2 is 1.27 bits per heavy atom. The van der Waals surface area contributed by atoms with Crippen LogP contribution in [0.1, 0.15) is 34.1 Å². The van der Waals surface area contributed by atoms with Gasteiger partial charge >= 0.3 is 11.9 Å². The zero-order valence-electron chi connectivity index (χ0n) is 15.2. The third kappa shape index (κ3) is 6.19. The number of nitriles is 1. The average molecular weight is 451 g/mol. The Bertz CT molecular complexity index is 961. The molecular weight excluding hydrogens is 438 g/mol. The summed E-state index contributed by atoms with van der Waals surface area (Å²) in [6.45, 7) is 1.82. The molecule has 0 saturated carbocycles. The Morgan fingerprint density at radius 3 is 1.50 bits per heavy atom. The van der Waals surface area contributed by atoms with Crippen molar-refractivity contribution in [2.75, 3.05) is 0 Å². The lowest BCUT2D eigenvalue weighted by Crippen LogP contribution is -2.04. The summed E-state index contributed by atoms with van der Waals surface area (Å²) < 4.78 is 0. The molecule has 0 aliphatic rings. The predicted molar refractivity (Wildman–Crippen MR) is 108 cm³/mol. The van der Waals surface area contributed by atoms with Gasteiger partial charge in [-0.05, 0) is 45.9 Å². The number of carboxylic acids is 2. The average Bonchev–Trinajstić information content (AvgIpc) is 2.71. The molecule has 0 bridgehead atoms. The number of para-hydroxylation sites is 2. The van der Waals surface area contributed by atoms with E-state index >= 15 is 0 Å². The quantitative estimate of drug-likeness (QED) is 0.340. The minimum absolute atomic E-state index is 0.0325. The molecule has 2 rings (SSSR count). The highest BCUT2D eigenvalue weighted by molar-refractivity contribution is 8.76. The number of benzene rings is 2. The first-order valence-corrected chi connectivity index (χ1v) is 10.0. The summed E-state index contributed by atoms with van der Waals surface area (Å²) in [4.78, 5) is 42.9. The predicted octanol–water partition coefficient (Wildman–Crippen LogP) is 4.62. The van der Waals surface area contributed by atoms with Crippen LogP contribution >= 0.6 is 21.6 Å². The number of rotatable bonds is 7. The summed E-state index contributed by atoms with van der Waals surface area (Å²) in [5.41, 5.74) is -2.33. The van der Waals surface area contributed by atoms with E-state index in [-0.39, 0.29) is 9.79 Å². The molecule has 0 aromatic heterocycles. The van der Waals surface area contributed by atoms with Crippen molar-refractivity contribution in [2.24, 2.45) is 0 Å². The zero-order chi connectivity index (χ0) is 22.8. The molecule has 2 N–H and O–H groups in total. The van der Waals surface area contributed by atoms with E-state index in [9.17, 15) is 29.8 Å². The van der Waals surface area contributed by atoms with Crippen molar-refractivity contribution in [1.29, 1.82) is 5.26 Å². The van der Waals surface area contributed by atoms with Crippen LogP contribution in [0, 0.1) is 31.6 Å². The van der Waals surface area contributed by atoms with Gasteiger partial charge in [-0.3, -0.25) is 20.2 Å². The fraction of sp³-hybridized carbons (Fsp3) is 0.118.